The summed E-state index contributed by atoms with van der Waals surface area (Å²) in [6.07, 6.45) is 0.365. The van der Waals surface area contributed by atoms with Gasteiger partial charge in [-0.15, -0.1) is 11.6 Å². The highest BCUT2D eigenvalue weighted by Crippen LogP contribution is 2.29. The molecule has 0 spiro atoms. The van der Waals surface area contributed by atoms with E-state index in [0.717, 1.165) is 0 Å². The van der Waals surface area contributed by atoms with Gasteiger partial charge in [0.2, 0.25) is 5.91 Å². The fourth-order valence-corrected chi connectivity index (χ4v) is 2.88. The van der Waals surface area contributed by atoms with E-state index in [1.54, 1.807) is 0 Å². The molecular formula is C11H13ClN2O4S. The zero-order valence-electron chi connectivity index (χ0n) is 9.91. The number of carbonyl (C=O) groups excluding carboxylic acids is 1. The van der Waals surface area contributed by atoms with Gasteiger partial charge in [0.15, 0.2) is 0 Å². The molecule has 0 saturated carbocycles. The van der Waals surface area contributed by atoms with Crippen LogP contribution >= 0.6 is 11.6 Å². The van der Waals surface area contributed by atoms with Crippen molar-refractivity contribution in [2.75, 3.05) is 23.1 Å². The van der Waals surface area contributed by atoms with Crippen molar-refractivity contribution in [2.45, 2.75) is 11.3 Å². The number of nitrogens with zero attached hydrogens (tertiary/aromatic N) is 1. The molecule has 0 aromatic heterocycles. The lowest BCUT2D eigenvalue weighted by atomic mass is 10.1. The summed E-state index contributed by atoms with van der Waals surface area (Å²) in [4.78, 5) is 12.9. The summed E-state index contributed by atoms with van der Waals surface area (Å²) in [5.41, 5.74) is 5.99. The molecule has 3 N–H and O–H groups in total. The van der Waals surface area contributed by atoms with Gasteiger partial charge in [-0.25, -0.2) is 0 Å². The van der Waals surface area contributed by atoms with Crippen molar-refractivity contribution >= 4 is 39.0 Å². The van der Waals surface area contributed by atoms with Crippen molar-refractivity contribution in [3.05, 3.63) is 18.2 Å². The maximum absolute atomic E-state index is 11.8. The zero-order valence-corrected chi connectivity index (χ0v) is 11.5. The van der Waals surface area contributed by atoms with Gasteiger partial charge >= 0.3 is 0 Å². The minimum absolute atomic E-state index is 0.0790. The number of amides is 1. The normalized spacial score (nSPS) is 20.0. The van der Waals surface area contributed by atoms with Gasteiger partial charge in [0, 0.05) is 24.5 Å². The molecule has 0 aliphatic carbocycles. The molecule has 1 heterocycles. The third-order valence-corrected chi connectivity index (χ3v) is 4.37. The Morgan fingerprint density at radius 1 is 1.47 bits per heavy atom. The highest BCUT2D eigenvalue weighted by atomic mass is 35.5. The second kappa shape index (κ2) is 4.99. The van der Waals surface area contributed by atoms with Gasteiger partial charge in [-0.3, -0.25) is 9.35 Å². The molecule has 0 bridgehead atoms. The fourth-order valence-electron chi connectivity index (χ4n) is 2.07. The Bertz CT molecular complexity index is 617. The molecule has 1 saturated heterocycles. The summed E-state index contributed by atoms with van der Waals surface area (Å²) in [6.45, 7) is 0.479. The Balaban J connectivity index is 2.33. The van der Waals surface area contributed by atoms with Crippen LogP contribution in [0.1, 0.15) is 6.42 Å². The quantitative estimate of drug-likeness (QED) is 0.495. The van der Waals surface area contributed by atoms with Gasteiger partial charge in [-0.05, 0) is 24.1 Å². The molecule has 1 fully saturated rings. The van der Waals surface area contributed by atoms with Crippen LogP contribution in [0.3, 0.4) is 0 Å². The van der Waals surface area contributed by atoms with Crippen molar-refractivity contribution in [3.63, 3.8) is 0 Å². The number of hydrogen-bond acceptors (Lipinski definition) is 4. The van der Waals surface area contributed by atoms with E-state index >= 15 is 0 Å². The lowest BCUT2D eigenvalue weighted by Gasteiger charge is -2.17. The molecule has 1 atom stereocenters. The first-order valence-corrected chi connectivity index (χ1v) is 7.53. The number of alkyl halides is 1. The summed E-state index contributed by atoms with van der Waals surface area (Å²) < 4.78 is 31.0. The fraction of sp³-hybridized carbons (Fsp3) is 0.364. The van der Waals surface area contributed by atoms with Gasteiger partial charge in [0.1, 0.15) is 4.90 Å². The lowest BCUT2D eigenvalue weighted by molar-refractivity contribution is -0.117. The number of carbonyl (C=O) groups is 1. The van der Waals surface area contributed by atoms with E-state index in [0.29, 0.717) is 24.5 Å². The Kier molecular flexibility index (Phi) is 3.71. The molecule has 1 amide bonds. The van der Waals surface area contributed by atoms with E-state index in [1.165, 1.54) is 23.1 Å². The first-order chi connectivity index (χ1) is 8.82. The standard InChI is InChI=1S/C11H13ClN2O4S/c12-5-7-3-11(15)14(6-7)8-1-2-10(9(13)4-8)19(16,17)18/h1-2,4,7H,3,5-6,13H2,(H,16,17,18). The summed E-state index contributed by atoms with van der Waals surface area (Å²) in [5, 5.41) is 0. The highest BCUT2D eigenvalue weighted by molar-refractivity contribution is 7.86. The molecular weight excluding hydrogens is 292 g/mol. The first-order valence-electron chi connectivity index (χ1n) is 5.56. The number of halogens is 1. The van der Waals surface area contributed by atoms with Crippen LogP contribution in [-0.4, -0.2) is 31.3 Å². The summed E-state index contributed by atoms with van der Waals surface area (Å²) in [5.74, 6) is 0.391. The van der Waals surface area contributed by atoms with Gasteiger partial charge in [0.05, 0.1) is 5.69 Å². The predicted octanol–water partition coefficient (Wildman–Crippen LogP) is 1.11. The van der Waals surface area contributed by atoms with Crippen molar-refractivity contribution in [1.82, 2.24) is 0 Å². The Labute approximate surface area is 115 Å². The maximum Gasteiger partial charge on any atom is 0.296 e. The maximum atomic E-state index is 11.8. The van der Waals surface area contributed by atoms with Crippen molar-refractivity contribution < 1.29 is 17.8 Å². The van der Waals surface area contributed by atoms with Gasteiger partial charge < -0.3 is 10.6 Å². The van der Waals surface area contributed by atoms with Crippen molar-refractivity contribution in [1.29, 1.82) is 0 Å². The predicted molar refractivity (Wildman–Crippen MR) is 71.8 cm³/mol. The SMILES string of the molecule is Nc1cc(N2CC(CCl)CC2=O)ccc1S(=O)(=O)O. The average Bonchev–Trinajstić information content (AvgIpc) is 2.68. The van der Waals surface area contributed by atoms with Crippen LogP contribution < -0.4 is 10.6 Å². The molecule has 1 aliphatic heterocycles. The molecule has 8 heteroatoms. The molecule has 1 aliphatic rings. The van der Waals surface area contributed by atoms with E-state index in [1.807, 2.05) is 0 Å². The number of rotatable bonds is 3. The largest absolute Gasteiger partial charge is 0.398 e. The Hall–Kier alpha value is -1.31. The Morgan fingerprint density at radius 2 is 2.16 bits per heavy atom. The molecule has 104 valence electrons. The summed E-state index contributed by atoms with van der Waals surface area (Å²) in [7, 11) is -4.35. The molecule has 2 rings (SSSR count). The Morgan fingerprint density at radius 3 is 2.63 bits per heavy atom. The van der Waals surface area contributed by atoms with Crippen molar-refractivity contribution in [2.24, 2.45) is 5.92 Å². The van der Waals surface area contributed by atoms with Gasteiger partial charge in [-0.2, -0.15) is 8.42 Å². The monoisotopic (exact) mass is 304 g/mol. The van der Waals surface area contributed by atoms with Crippen LogP contribution in [0, 0.1) is 5.92 Å². The van der Waals surface area contributed by atoms with Crippen LogP contribution in [0.4, 0.5) is 11.4 Å². The zero-order chi connectivity index (χ0) is 14.2. The van der Waals surface area contributed by atoms with E-state index in [4.69, 9.17) is 21.9 Å². The third kappa shape index (κ3) is 2.83. The smallest absolute Gasteiger partial charge is 0.296 e. The minimum atomic E-state index is -4.35. The minimum Gasteiger partial charge on any atom is -0.398 e. The molecule has 19 heavy (non-hydrogen) atoms. The van der Waals surface area contributed by atoms with Gasteiger partial charge in [-0.1, -0.05) is 0 Å². The summed E-state index contributed by atoms with van der Waals surface area (Å²) >= 11 is 5.73. The van der Waals surface area contributed by atoms with E-state index < -0.39 is 10.1 Å². The van der Waals surface area contributed by atoms with Crippen LogP contribution in [0.25, 0.3) is 0 Å². The topological polar surface area (TPSA) is 101 Å². The average molecular weight is 305 g/mol. The number of anilines is 2. The molecule has 1 aromatic carbocycles. The van der Waals surface area contributed by atoms with Crippen LogP contribution in [-0.2, 0) is 14.9 Å². The van der Waals surface area contributed by atoms with Crippen LogP contribution in [0.5, 0.6) is 0 Å². The first kappa shape index (κ1) is 14.1. The summed E-state index contributed by atoms with van der Waals surface area (Å²) in [6, 6.07) is 3.98. The third-order valence-electron chi connectivity index (χ3n) is 3.01. The van der Waals surface area contributed by atoms with Crippen LogP contribution in [0.15, 0.2) is 23.1 Å². The van der Waals surface area contributed by atoms with E-state index in [2.05, 4.69) is 0 Å². The van der Waals surface area contributed by atoms with E-state index in [-0.39, 0.29) is 22.4 Å². The molecule has 6 nitrogen and oxygen atoms in total. The van der Waals surface area contributed by atoms with Gasteiger partial charge in [0.25, 0.3) is 10.1 Å². The second-order valence-electron chi connectivity index (χ2n) is 4.43. The van der Waals surface area contributed by atoms with Crippen molar-refractivity contribution in [3.8, 4) is 0 Å². The molecule has 1 aromatic rings. The highest BCUT2D eigenvalue weighted by Gasteiger charge is 2.30. The number of nitrogens with two attached hydrogens (primary N) is 1. The number of benzene rings is 1. The number of hydrogen-bond donors (Lipinski definition) is 2. The van der Waals surface area contributed by atoms with E-state index in [9.17, 15) is 13.2 Å². The number of nitrogen functional groups attached to an aromatic ring is 1. The second-order valence-corrected chi connectivity index (χ2v) is 6.12. The lowest BCUT2D eigenvalue weighted by Crippen LogP contribution is -2.24. The van der Waals surface area contributed by atoms with Crippen LogP contribution in [0.2, 0.25) is 0 Å². The molecule has 0 radical (unpaired) electrons. The molecule has 1 unspecified atom stereocenters.